The maximum atomic E-state index is 11.6. The average molecular weight is 296 g/mol. The Morgan fingerprint density at radius 1 is 1.63 bits per heavy atom. The van der Waals surface area contributed by atoms with Gasteiger partial charge < -0.3 is 5.32 Å². The lowest BCUT2D eigenvalue weighted by molar-refractivity contribution is -0.116. The molecule has 6 heteroatoms. The van der Waals surface area contributed by atoms with Crippen LogP contribution in [0.1, 0.15) is 19.0 Å². The Morgan fingerprint density at radius 2 is 2.47 bits per heavy atom. The van der Waals surface area contributed by atoms with Crippen molar-refractivity contribution in [2.45, 2.75) is 13.3 Å². The van der Waals surface area contributed by atoms with Crippen molar-refractivity contribution in [2.24, 2.45) is 0 Å². The average Bonchev–Trinajstić information content (AvgIpc) is 2.93. The quantitative estimate of drug-likeness (QED) is 0.523. The molecule has 100 valence electrons. The van der Waals surface area contributed by atoms with E-state index in [1.54, 1.807) is 6.08 Å². The third kappa shape index (κ3) is 3.45. The smallest absolute Gasteiger partial charge is 0.244 e. The highest BCUT2D eigenvalue weighted by Gasteiger charge is 2.08. The van der Waals surface area contributed by atoms with E-state index in [9.17, 15) is 4.79 Å². The minimum absolute atomic E-state index is 0.134. The van der Waals surface area contributed by atoms with Gasteiger partial charge in [0.25, 0.3) is 0 Å². The van der Waals surface area contributed by atoms with Crippen molar-refractivity contribution in [3.8, 4) is 0 Å². The van der Waals surface area contributed by atoms with Crippen LogP contribution in [0, 0.1) is 0 Å². The summed E-state index contributed by atoms with van der Waals surface area (Å²) in [6, 6.07) is 0. The fraction of sp³-hybridized carbons (Fsp3) is 0.231. The molecule has 0 saturated carbocycles. The number of carbonyl (C=O) groups is 1. The lowest BCUT2D eigenvalue weighted by atomic mass is 10.3. The Bertz CT molecular complexity index is 627. The van der Waals surface area contributed by atoms with Crippen LogP contribution in [0.25, 0.3) is 11.0 Å². The van der Waals surface area contributed by atoms with Crippen molar-refractivity contribution < 1.29 is 4.79 Å². The molecule has 0 spiro atoms. The first kappa shape index (κ1) is 13.8. The normalized spacial score (nSPS) is 11.9. The van der Waals surface area contributed by atoms with E-state index in [-0.39, 0.29) is 5.91 Å². The Labute approximate surface area is 120 Å². The predicted octanol–water partition coefficient (Wildman–Crippen LogP) is 3.14. The summed E-state index contributed by atoms with van der Waals surface area (Å²) < 4.78 is 1.86. The highest BCUT2D eigenvalue weighted by atomic mass is 35.5. The van der Waals surface area contributed by atoms with Crippen molar-refractivity contribution in [1.29, 1.82) is 0 Å². The van der Waals surface area contributed by atoms with Gasteiger partial charge in [-0.15, -0.1) is 11.3 Å². The number of hydrogen-bond acceptors (Lipinski definition) is 3. The lowest BCUT2D eigenvalue weighted by Crippen LogP contribution is -2.21. The van der Waals surface area contributed by atoms with E-state index in [0.717, 1.165) is 17.1 Å². The van der Waals surface area contributed by atoms with Crippen molar-refractivity contribution in [3.05, 3.63) is 40.7 Å². The molecule has 0 radical (unpaired) electrons. The van der Waals surface area contributed by atoms with Gasteiger partial charge >= 0.3 is 0 Å². The number of allylic oxidation sites excluding steroid dienone is 1. The SMILES string of the molecule is C/C=C/CCNC(=O)/C=C/c1c(Cl)nc2sccn12. The van der Waals surface area contributed by atoms with Gasteiger partial charge in [-0.25, -0.2) is 4.98 Å². The van der Waals surface area contributed by atoms with Crippen LogP contribution in [-0.4, -0.2) is 21.8 Å². The molecule has 0 unspecified atom stereocenters. The molecule has 0 fully saturated rings. The number of nitrogens with zero attached hydrogens (tertiary/aromatic N) is 2. The molecule has 0 aliphatic heterocycles. The molecule has 0 aliphatic rings. The molecule has 0 atom stereocenters. The van der Waals surface area contributed by atoms with E-state index >= 15 is 0 Å². The van der Waals surface area contributed by atoms with Gasteiger partial charge in [0.15, 0.2) is 10.1 Å². The Balaban J connectivity index is 1.99. The van der Waals surface area contributed by atoms with Crippen LogP contribution in [-0.2, 0) is 4.79 Å². The van der Waals surface area contributed by atoms with E-state index in [4.69, 9.17) is 11.6 Å². The van der Waals surface area contributed by atoms with Gasteiger partial charge in [-0.3, -0.25) is 9.20 Å². The van der Waals surface area contributed by atoms with Crippen LogP contribution >= 0.6 is 22.9 Å². The van der Waals surface area contributed by atoms with E-state index in [2.05, 4.69) is 10.3 Å². The number of amides is 1. The van der Waals surface area contributed by atoms with E-state index in [1.165, 1.54) is 17.4 Å². The predicted molar refractivity (Wildman–Crippen MR) is 79.6 cm³/mol. The number of imidazole rings is 1. The number of carbonyl (C=O) groups excluding carboxylic acids is 1. The molecule has 1 N–H and O–H groups in total. The summed E-state index contributed by atoms with van der Waals surface area (Å²) in [5, 5.41) is 5.13. The summed E-state index contributed by atoms with van der Waals surface area (Å²) in [4.78, 5) is 16.6. The maximum absolute atomic E-state index is 11.6. The minimum atomic E-state index is -0.134. The molecule has 0 saturated heterocycles. The lowest BCUT2D eigenvalue weighted by Gasteiger charge is -1.98. The van der Waals surface area contributed by atoms with Gasteiger partial charge in [0.05, 0.1) is 5.69 Å². The molecular weight excluding hydrogens is 282 g/mol. The number of halogens is 1. The topological polar surface area (TPSA) is 46.4 Å². The highest BCUT2D eigenvalue weighted by Crippen LogP contribution is 2.22. The van der Waals surface area contributed by atoms with Gasteiger partial charge in [0, 0.05) is 24.2 Å². The molecule has 0 aromatic carbocycles. The van der Waals surface area contributed by atoms with E-state index < -0.39 is 0 Å². The van der Waals surface area contributed by atoms with Crippen molar-refractivity contribution in [2.75, 3.05) is 6.54 Å². The number of aromatic nitrogens is 2. The number of hydrogen-bond donors (Lipinski definition) is 1. The van der Waals surface area contributed by atoms with Crippen LogP contribution in [0.15, 0.2) is 29.8 Å². The molecule has 1 amide bonds. The summed E-state index contributed by atoms with van der Waals surface area (Å²) in [6.07, 6.45) is 9.83. The molecule has 19 heavy (non-hydrogen) atoms. The second kappa shape index (κ2) is 6.54. The molecular formula is C13H14ClN3OS. The number of nitrogens with one attached hydrogen (secondary N) is 1. The molecule has 2 rings (SSSR count). The van der Waals surface area contributed by atoms with Crippen LogP contribution in [0.5, 0.6) is 0 Å². The molecule has 0 bridgehead atoms. The Hall–Kier alpha value is -1.59. The zero-order valence-corrected chi connectivity index (χ0v) is 12.0. The first-order chi connectivity index (χ1) is 9.22. The van der Waals surface area contributed by atoms with E-state index in [1.807, 2.05) is 35.1 Å². The molecule has 2 aromatic rings. The highest BCUT2D eigenvalue weighted by molar-refractivity contribution is 7.15. The largest absolute Gasteiger partial charge is 0.352 e. The molecule has 4 nitrogen and oxygen atoms in total. The zero-order valence-electron chi connectivity index (χ0n) is 10.5. The fourth-order valence-corrected chi connectivity index (χ4v) is 2.59. The summed E-state index contributed by atoms with van der Waals surface area (Å²) >= 11 is 7.52. The van der Waals surface area contributed by atoms with Crippen LogP contribution in [0.4, 0.5) is 0 Å². The summed E-state index contributed by atoms with van der Waals surface area (Å²) in [7, 11) is 0. The second-order valence-electron chi connectivity index (χ2n) is 3.83. The van der Waals surface area contributed by atoms with Gasteiger partial charge in [-0.1, -0.05) is 23.8 Å². The van der Waals surface area contributed by atoms with Gasteiger partial charge in [0.1, 0.15) is 0 Å². The van der Waals surface area contributed by atoms with Crippen molar-refractivity contribution in [3.63, 3.8) is 0 Å². The third-order valence-electron chi connectivity index (χ3n) is 2.49. The minimum Gasteiger partial charge on any atom is -0.352 e. The van der Waals surface area contributed by atoms with Crippen LogP contribution in [0.3, 0.4) is 0 Å². The first-order valence-electron chi connectivity index (χ1n) is 5.90. The van der Waals surface area contributed by atoms with E-state index in [0.29, 0.717) is 11.7 Å². The second-order valence-corrected chi connectivity index (χ2v) is 5.06. The van der Waals surface area contributed by atoms with Crippen LogP contribution < -0.4 is 5.32 Å². The fourth-order valence-electron chi connectivity index (χ4n) is 1.58. The maximum Gasteiger partial charge on any atom is 0.244 e. The third-order valence-corrected chi connectivity index (χ3v) is 3.53. The number of thiazole rings is 1. The molecule has 2 aromatic heterocycles. The van der Waals surface area contributed by atoms with Gasteiger partial charge in [-0.05, 0) is 19.4 Å². The Morgan fingerprint density at radius 3 is 3.26 bits per heavy atom. The van der Waals surface area contributed by atoms with Crippen LogP contribution in [0.2, 0.25) is 5.15 Å². The van der Waals surface area contributed by atoms with Crippen molar-refractivity contribution >= 4 is 39.9 Å². The first-order valence-corrected chi connectivity index (χ1v) is 7.16. The summed E-state index contributed by atoms with van der Waals surface area (Å²) in [5.74, 6) is -0.134. The standard InChI is InChI=1S/C13H14ClN3OS/c1-2-3-4-7-15-11(18)6-5-10-12(14)16-13-17(10)8-9-19-13/h2-3,5-6,8-9H,4,7H2,1H3,(H,15,18)/b3-2+,6-5+. The number of rotatable bonds is 5. The zero-order chi connectivity index (χ0) is 13.7. The molecule has 0 aliphatic carbocycles. The molecule has 2 heterocycles. The summed E-state index contributed by atoms with van der Waals surface area (Å²) in [5.41, 5.74) is 0.724. The Kier molecular flexibility index (Phi) is 4.76. The number of fused-ring (bicyclic) bond motifs is 1. The van der Waals surface area contributed by atoms with Gasteiger partial charge in [-0.2, -0.15) is 0 Å². The van der Waals surface area contributed by atoms with Crippen molar-refractivity contribution in [1.82, 2.24) is 14.7 Å². The van der Waals surface area contributed by atoms with Gasteiger partial charge in [0.2, 0.25) is 5.91 Å². The monoisotopic (exact) mass is 295 g/mol. The summed E-state index contributed by atoms with van der Waals surface area (Å²) in [6.45, 7) is 2.58.